The average molecular weight is 335 g/mol. The smallest absolute Gasteiger partial charge is 0.219 e. The molecule has 0 unspecified atom stereocenters. The van der Waals surface area contributed by atoms with E-state index in [2.05, 4.69) is 19.8 Å². The first-order chi connectivity index (χ1) is 11.1. The summed E-state index contributed by atoms with van der Waals surface area (Å²) in [5, 5.41) is 3.99. The zero-order chi connectivity index (χ0) is 16.3. The third-order valence-corrected chi connectivity index (χ3v) is 4.74. The van der Waals surface area contributed by atoms with Gasteiger partial charge in [-0.25, -0.2) is 27.0 Å². The molecule has 2 aromatic heterocycles. The third kappa shape index (κ3) is 3.51. The molecule has 0 aliphatic rings. The molecule has 1 N–H and O–H groups in total. The van der Waals surface area contributed by atoms with E-state index in [4.69, 9.17) is 0 Å². The van der Waals surface area contributed by atoms with Crippen molar-refractivity contribution in [3.05, 3.63) is 54.4 Å². The zero-order valence-corrected chi connectivity index (χ0v) is 12.9. The van der Waals surface area contributed by atoms with Crippen molar-refractivity contribution in [1.82, 2.24) is 24.3 Å². The lowest BCUT2D eigenvalue weighted by atomic mass is 10.2. The molecule has 0 radical (unpaired) electrons. The van der Waals surface area contributed by atoms with Gasteiger partial charge in [0.25, 0.3) is 5.78 Å². The van der Waals surface area contributed by atoms with E-state index in [1.165, 1.54) is 24.5 Å². The molecule has 120 valence electrons. The molecule has 9 heteroatoms. The first-order valence-electron chi connectivity index (χ1n) is 6.95. The van der Waals surface area contributed by atoms with Crippen molar-refractivity contribution >= 4 is 15.8 Å². The van der Waals surface area contributed by atoms with Gasteiger partial charge in [0.15, 0.2) is 0 Å². The summed E-state index contributed by atoms with van der Waals surface area (Å²) < 4.78 is 41.5. The molecule has 0 saturated heterocycles. The Labute approximate surface area is 132 Å². The van der Waals surface area contributed by atoms with E-state index in [9.17, 15) is 12.8 Å². The Balaban J connectivity index is 1.58. The maximum atomic E-state index is 13.5. The van der Waals surface area contributed by atoms with Gasteiger partial charge in [0, 0.05) is 18.9 Å². The van der Waals surface area contributed by atoms with Gasteiger partial charge in [-0.2, -0.15) is 10.1 Å². The number of hydrogen-bond acceptors (Lipinski definition) is 5. The van der Waals surface area contributed by atoms with Gasteiger partial charge >= 0.3 is 0 Å². The summed E-state index contributed by atoms with van der Waals surface area (Å²) in [7, 11) is -3.84. The fourth-order valence-electron chi connectivity index (χ4n) is 2.13. The van der Waals surface area contributed by atoms with Gasteiger partial charge in [0.2, 0.25) is 10.0 Å². The van der Waals surface area contributed by atoms with Crippen LogP contribution in [-0.4, -0.2) is 34.5 Å². The predicted molar refractivity (Wildman–Crippen MR) is 80.7 cm³/mol. The van der Waals surface area contributed by atoms with Crippen molar-refractivity contribution < 1.29 is 12.8 Å². The number of sulfonamides is 1. The fourth-order valence-corrected chi connectivity index (χ4v) is 3.28. The highest BCUT2D eigenvalue weighted by Crippen LogP contribution is 2.13. The number of fused-ring (bicyclic) bond motifs is 1. The molecule has 3 rings (SSSR count). The first kappa shape index (κ1) is 15.5. The predicted octanol–water partition coefficient (Wildman–Crippen LogP) is 1.17. The monoisotopic (exact) mass is 335 g/mol. The largest absolute Gasteiger partial charge is 0.252 e. The molecule has 0 bridgehead atoms. The van der Waals surface area contributed by atoms with Crippen LogP contribution in [0, 0.1) is 5.82 Å². The molecule has 0 amide bonds. The summed E-state index contributed by atoms with van der Waals surface area (Å²) in [5.74, 6) is -0.255. The second kappa shape index (κ2) is 6.39. The lowest BCUT2D eigenvalue weighted by Crippen LogP contribution is -2.26. The van der Waals surface area contributed by atoms with E-state index in [0.717, 1.165) is 11.6 Å². The summed E-state index contributed by atoms with van der Waals surface area (Å²) >= 11 is 0. The van der Waals surface area contributed by atoms with Gasteiger partial charge < -0.3 is 0 Å². The number of nitrogens with zero attached hydrogens (tertiary/aromatic N) is 4. The van der Waals surface area contributed by atoms with Gasteiger partial charge in [0.1, 0.15) is 17.0 Å². The van der Waals surface area contributed by atoms with Crippen molar-refractivity contribution in [3.63, 3.8) is 0 Å². The molecule has 2 heterocycles. The molecule has 3 aromatic rings. The van der Waals surface area contributed by atoms with Crippen molar-refractivity contribution in [2.75, 3.05) is 6.54 Å². The van der Waals surface area contributed by atoms with Crippen LogP contribution in [0.2, 0.25) is 0 Å². The Morgan fingerprint density at radius 2 is 2.04 bits per heavy atom. The Kier molecular flexibility index (Phi) is 4.30. The van der Waals surface area contributed by atoms with Crippen molar-refractivity contribution in [2.24, 2.45) is 0 Å². The minimum Gasteiger partial charge on any atom is -0.219 e. The highest BCUT2D eigenvalue weighted by Gasteiger charge is 2.17. The number of benzene rings is 1. The van der Waals surface area contributed by atoms with Gasteiger partial charge in [-0.3, -0.25) is 0 Å². The second-order valence-electron chi connectivity index (χ2n) is 4.90. The molecular formula is C14H14FN5O2S. The van der Waals surface area contributed by atoms with E-state index in [1.807, 2.05) is 0 Å². The molecule has 7 nitrogen and oxygen atoms in total. The van der Waals surface area contributed by atoms with Gasteiger partial charge in [-0.05, 0) is 30.5 Å². The molecule has 0 saturated carbocycles. The van der Waals surface area contributed by atoms with Gasteiger partial charge in [-0.15, -0.1) is 0 Å². The average Bonchev–Trinajstić information content (AvgIpc) is 2.99. The standard InChI is InChI=1S/C14H14FN5O2S/c15-12-5-1-2-6-13(12)23(21,22)19-7-3-4-11-8-16-14-17-10-18-20(14)9-11/h1-2,5-6,8-10,19H,3-4,7H2. The quantitative estimate of drug-likeness (QED) is 0.683. The van der Waals surface area contributed by atoms with Crippen LogP contribution in [0.1, 0.15) is 12.0 Å². The molecule has 0 aliphatic carbocycles. The van der Waals surface area contributed by atoms with Crippen LogP contribution < -0.4 is 4.72 Å². The maximum Gasteiger partial charge on any atom is 0.252 e. The topological polar surface area (TPSA) is 89.2 Å². The Morgan fingerprint density at radius 1 is 1.22 bits per heavy atom. The second-order valence-corrected chi connectivity index (χ2v) is 6.63. The van der Waals surface area contributed by atoms with Crippen LogP contribution >= 0.6 is 0 Å². The number of aromatic nitrogens is 4. The molecule has 0 atom stereocenters. The van der Waals surface area contributed by atoms with Gasteiger partial charge in [0.05, 0.1) is 0 Å². The van der Waals surface area contributed by atoms with E-state index in [-0.39, 0.29) is 11.4 Å². The number of nitrogens with one attached hydrogen (secondary N) is 1. The van der Waals surface area contributed by atoms with E-state index in [0.29, 0.717) is 18.6 Å². The Bertz CT molecular complexity index is 926. The van der Waals surface area contributed by atoms with Crippen LogP contribution in [0.15, 0.2) is 47.9 Å². The summed E-state index contributed by atoms with van der Waals surface area (Å²) in [6.45, 7) is 0.200. The fraction of sp³-hybridized carbons (Fsp3) is 0.214. The van der Waals surface area contributed by atoms with Crippen molar-refractivity contribution in [1.29, 1.82) is 0 Å². The first-order valence-corrected chi connectivity index (χ1v) is 8.43. The van der Waals surface area contributed by atoms with Crippen LogP contribution in [0.3, 0.4) is 0 Å². The molecule has 0 spiro atoms. The highest BCUT2D eigenvalue weighted by molar-refractivity contribution is 7.89. The number of hydrogen-bond donors (Lipinski definition) is 1. The maximum absolute atomic E-state index is 13.5. The SMILES string of the molecule is O=S(=O)(NCCCc1cnc2ncnn2c1)c1ccccc1F. The van der Waals surface area contributed by atoms with Gasteiger partial charge in [-0.1, -0.05) is 12.1 Å². The molecule has 23 heavy (non-hydrogen) atoms. The lowest BCUT2D eigenvalue weighted by Gasteiger charge is -2.07. The molecular weight excluding hydrogens is 321 g/mol. The minimum atomic E-state index is -3.84. The van der Waals surface area contributed by atoms with Crippen molar-refractivity contribution in [3.8, 4) is 0 Å². The van der Waals surface area contributed by atoms with Crippen LogP contribution in [-0.2, 0) is 16.4 Å². The van der Waals surface area contributed by atoms with Crippen molar-refractivity contribution in [2.45, 2.75) is 17.7 Å². The summed E-state index contributed by atoms with van der Waals surface area (Å²) in [6.07, 6.45) is 6.04. The lowest BCUT2D eigenvalue weighted by molar-refractivity contribution is 0.555. The normalized spacial score (nSPS) is 11.9. The van der Waals surface area contributed by atoms with E-state index in [1.54, 1.807) is 16.9 Å². The Hall–Kier alpha value is -2.39. The van der Waals surface area contributed by atoms with Crippen LogP contribution in [0.5, 0.6) is 0 Å². The number of rotatable bonds is 6. The van der Waals surface area contributed by atoms with Crippen LogP contribution in [0.4, 0.5) is 4.39 Å². The summed E-state index contributed by atoms with van der Waals surface area (Å²) in [6, 6.07) is 5.28. The highest BCUT2D eigenvalue weighted by atomic mass is 32.2. The molecule has 0 aliphatic heterocycles. The summed E-state index contributed by atoms with van der Waals surface area (Å²) in [5.41, 5.74) is 0.910. The number of aryl methyl sites for hydroxylation is 1. The zero-order valence-electron chi connectivity index (χ0n) is 12.1. The number of halogens is 1. The summed E-state index contributed by atoms with van der Waals surface area (Å²) in [4.78, 5) is 7.73. The minimum absolute atomic E-state index is 0.200. The van der Waals surface area contributed by atoms with E-state index >= 15 is 0 Å². The van der Waals surface area contributed by atoms with E-state index < -0.39 is 15.8 Å². The molecule has 1 aromatic carbocycles. The third-order valence-electron chi connectivity index (χ3n) is 3.25. The Morgan fingerprint density at radius 3 is 2.87 bits per heavy atom. The molecule has 0 fully saturated rings. The van der Waals surface area contributed by atoms with Crippen LogP contribution in [0.25, 0.3) is 5.78 Å².